The van der Waals surface area contributed by atoms with E-state index in [2.05, 4.69) is 15.5 Å². The van der Waals surface area contributed by atoms with Crippen LogP contribution in [0.1, 0.15) is 27.4 Å². The number of carbonyl (C=O) groups excluding carboxylic acids is 1. The lowest BCUT2D eigenvalue weighted by molar-refractivity contribution is 0.0946. The summed E-state index contributed by atoms with van der Waals surface area (Å²) in [5.41, 5.74) is 1.29. The molecule has 2 aromatic carbocycles. The van der Waals surface area contributed by atoms with Crippen molar-refractivity contribution < 1.29 is 22.0 Å². The van der Waals surface area contributed by atoms with E-state index < -0.39 is 26.6 Å². The molecule has 0 saturated carbocycles. The second-order valence-electron chi connectivity index (χ2n) is 5.81. The number of rotatable bonds is 6. The van der Waals surface area contributed by atoms with Crippen molar-refractivity contribution in [2.24, 2.45) is 0 Å². The number of carbonyl (C=O) groups is 1. The van der Waals surface area contributed by atoms with Gasteiger partial charge in [-0.05, 0) is 24.6 Å². The van der Waals surface area contributed by atoms with Gasteiger partial charge in [-0.25, -0.2) is 12.8 Å². The first-order valence-electron chi connectivity index (χ1n) is 7.99. The molecule has 0 spiro atoms. The van der Waals surface area contributed by atoms with E-state index in [9.17, 15) is 17.6 Å². The Kier molecular flexibility index (Phi) is 5.31. The van der Waals surface area contributed by atoms with Gasteiger partial charge < -0.3 is 9.73 Å². The zero-order valence-corrected chi connectivity index (χ0v) is 15.2. The third-order valence-electron chi connectivity index (χ3n) is 3.81. The molecule has 0 aliphatic heterocycles. The van der Waals surface area contributed by atoms with Crippen LogP contribution in [0.25, 0.3) is 0 Å². The van der Waals surface area contributed by atoms with Crippen LogP contribution in [0, 0.1) is 12.7 Å². The highest BCUT2D eigenvalue weighted by Crippen LogP contribution is 2.17. The van der Waals surface area contributed by atoms with Crippen molar-refractivity contribution in [1.29, 1.82) is 0 Å². The van der Waals surface area contributed by atoms with Crippen LogP contribution in [-0.4, -0.2) is 24.5 Å². The lowest BCUT2D eigenvalue weighted by Crippen LogP contribution is -2.23. The van der Waals surface area contributed by atoms with Crippen LogP contribution < -0.4 is 5.32 Å². The lowest BCUT2D eigenvalue weighted by Gasteiger charge is -2.05. The van der Waals surface area contributed by atoms with Gasteiger partial charge >= 0.3 is 5.22 Å². The Hall–Kier alpha value is -3.07. The molecule has 0 bridgehead atoms. The second kappa shape index (κ2) is 7.67. The van der Waals surface area contributed by atoms with Crippen molar-refractivity contribution in [3.8, 4) is 0 Å². The molecule has 0 aliphatic carbocycles. The fraction of sp³-hybridized carbons (Fsp3) is 0.167. The summed E-state index contributed by atoms with van der Waals surface area (Å²) in [7, 11) is -4.01. The van der Waals surface area contributed by atoms with Crippen LogP contribution in [0.2, 0.25) is 0 Å². The summed E-state index contributed by atoms with van der Waals surface area (Å²) in [6.07, 6.45) is 0. The van der Waals surface area contributed by atoms with E-state index in [0.29, 0.717) is 5.56 Å². The third-order valence-corrected chi connectivity index (χ3v) is 5.20. The van der Waals surface area contributed by atoms with Gasteiger partial charge in [0.15, 0.2) is 0 Å². The fourth-order valence-electron chi connectivity index (χ4n) is 2.40. The molecule has 0 saturated heterocycles. The van der Waals surface area contributed by atoms with Gasteiger partial charge in [-0.1, -0.05) is 41.5 Å². The number of sulfone groups is 1. The van der Waals surface area contributed by atoms with Crippen molar-refractivity contribution in [3.63, 3.8) is 0 Å². The molecule has 1 heterocycles. The second-order valence-corrected chi connectivity index (χ2v) is 7.68. The van der Waals surface area contributed by atoms with Crippen molar-refractivity contribution in [2.45, 2.75) is 24.4 Å². The normalized spacial score (nSPS) is 11.3. The zero-order chi connectivity index (χ0) is 19.4. The molecule has 27 heavy (non-hydrogen) atoms. The maximum atomic E-state index is 13.7. The van der Waals surface area contributed by atoms with Crippen LogP contribution in [0.15, 0.2) is 58.2 Å². The van der Waals surface area contributed by atoms with E-state index in [4.69, 9.17) is 4.42 Å². The van der Waals surface area contributed by atoms with E-state index in [1.807, 2.05) is 6.07 Å². The van der Waals surface area contributed by atoms with Crippen molar-refractivity contribution in [3.05, 3.63) is 76.9 Å². The maximum Gasteiger partial charge on any atom is 0.335 e. The Morgan fingerprint density at radius 3 is 2.56 bits per heavy atom. The molecule has 0 unspecified atom stereocenters. The molecular formula is C18H16FN3O4S. The summed E-state index contributed by atoms with van der Waals surface area (Å²) >= 11 is 0. The van der Waals surface area contributed by atoms with Gasteiger partial charge in [-0.2, -0.15) is 0 Å². The van der Waals surface area contributed by atoms with E-state index in [0.717, 1.165) is 5.56 Å². The van der Waals surface area contributed by atoms with Crippen molar-refractivity contribution >= 4 is 15.7 Å². The van der Waals surface area contributed by atoms with Gasteiger partial charge in [-0.15, -0.1) is 5.10 Å². The predicted molar refractivity (Wildman–Crippen MR) is 93.9 cm³/mol. The zero-order valence-electron chi connectivity index (χ0n) is 14.3. The predicted octanol–water partition coefficient (Wildman–Crippen LogP) is 2.42. The average molecular weight is 389 g/mol. The van der Waals surface area contributed by atoms with Crippen LogP contribution in [-0.2, 0) is 22.1 Å². The minimum absolute atomic E-state index is 0.00473. The number of hydrogen-bond acceptors (Lipinski definition) is 6. The summed E-state index contributed by atoms with van der Waals surface area (Å²) in [6, 6.07) is 12.6. The SMILES string of the molecule is Cc1ccccc1C(=O)NCc1nnc(S(=O)(=O)Cc2ccccc2F)o1. The maximum absolute atomic E-state index is 13.7. The van der Waals surface area contributed by atoms with Gasteiger partial charge in [0.2, 0.25) is 15.7 Å². The minimum Gasteiger partial charge on any atom is -0.411 e. The number of aryl methyl sites for hydroxylation is 1. The monoisotopic (exact) mass is 389 g/mol. The number of benzene rings is 2. The molecule has 1 amide bonds. The summed E-state index contributed by atoms with van der Waals surface area (Å²) in [6.45, 7) is 1.67. The fourth-order valence-corrected chi connectivity index (χ4v) is 3.55. The van der Waals surface area contributed by atoms with Crippen LogP contribution in [0.3, 0.4) is 0 Å². The van der Waals surface area contributed by atoms with E-state index in [1.165, 1.54) is 24.3 Å². The number of amides is 1. The summed E-state index contributed by atoms with van der Waals surface area (Å²) in [5.74, 6) is -1.64. The highest BCUT2D eigenvalue weighted by atomic mass is 32.2. The smallest absolute Gasteiger partial charge is 0.335 e. The van der Waals surface area contributed by atoms with Crippen LogP contribution in [0.5, 0.6) is 0 Å². The number of hydrogen-bond donors (Lipinski definition) is 1. The first-order chi connectivity index (χ1) is 12.9. The number of nitrogens with zero attached hydrogens (tertiary/aromatic N) is 2. The molecule has 0 fully saturated rings. The third kappa shape index (κ3) is 4.37. The molecular weight excluding hydrogens is 373 g/mol. The Morgan fingerprint density at radius 2 is 1.81 bits per heavy atom. The molecule has 0 radical (unpaired) electrons. The highest BCUT2D eigenvalue weighted by molar-refractivity contribution is 7.90. The minimum atomic E-state index is -4.01. The molecule has 3 rings (SSSR count). The molecule has 9 heteroatoms. The van der Waals surface area contributed by atoms with E-state index in [-0.39, 0.29) is 23.9 Å². The Morgan fingerprint density at radius 1 is 1.11 bits per heavy atom. The Balaban J connectivity index is 1.68. The van der Waals surface area contributed by atoms with Crippen LogP contribution in [0.4, 0.5) is 4.39 Å². The standard InChI is InChI=1S/C18H16FN3O4S/c1-12-6-2-4-8-14(12)17(23)20-10-16-21-22-18(26-16)27(24,25)11-13-7-3-5-9-15(13)19/h2-9H,10-11H2,1H3,(H,20,23). The van der Waals surface area contributed by atoms with Crippen molar-refractivity contribution in [1.82, 2.24) is 15.5 Å². The van der Waals surface area contributed by atoms with Crippen molar-refractivity contribution in [2.75, 3.05) is 0 Å². The van der Waals surface area contributed by atoms with E-state index >= 15 is 0 Å². The number of aromatic nitrogens is 2. The molecule has 1 aromatic heterocycles. The Labute approximate surface area is 155 Å². The van der Waals surface area contributed by atoms with Gasteiger partial charge in [0.1, 0.15) is 5.82 Å². The molecule has 7 nitrogen and oxygen atoms in total. The number of halogens is 1. The van der Waals surface area contributed by atoms with Gasteiger partial charge in [0.25, 0.3) is 5.91 Å². The summed E-state index contributed by atoms with van der Waals surface area (Å²) < 4.78 is 43.4. The molecule has 1 N–H and O–H groups in total. The number of nitrogens with one attached hydrogen (secondary N) is 1. The van der Waals surface area contributed by atoms with Crippen LogP contribution >= 0.6 is 0 Å². The lowest BCUT2D eigenvalue weighted by atomic mass is 10.1. The summed E-state index contributed by atoms with van der Waals surface area (Å²) in [5, 5.41) is 9.10. The average Bonchev–Trinajstić information content (AvgIpc) is 3.12. The highest BCUT2D eigenvalue weighted by Gasteiger charge is 2.24. The quantitative estimate of drug-likeness (QED) is 0.695. The first-order valence-corrected chi connectivity index (χ1v) is 9.64. The molecule has 140 valence electrons. The molecule has 0 aliphatic rings. The van der Waals surface area contributed by atoms with Gasteiger partial charge in [0, 0.05) is 11.1 Å². The molecule has 3 aromatic rings. The Bertz CT molecular complexity index is 1080. The molecule has 0 atom stereocenters. The summed E-state index contributed by atoms with van der Waals surface area (Å²) in [4.78, 5) is 12.2. The topological polar surface area (TPSA) is 102 Å². The largest absolute Gasteiger partial charge is 0.411 e. The van der Waals surface area contributed by atoms with Gasteiger partial charge in [0.05, 0.1) is 12.3 Å². The van der Waals surface area contributed by atoms with E-state index in [1.54, 1.807) is 25.1 Å². The first kappa shape index (κ1) is 18.7. The van der Waals surface area contributed by atoms with Gasteiger partial charge in [-0.3, -0.25) is 4.79 Å².